The predicted molar refractivity (Wildman–Crippen MR) is 104 cm³/mol. The Hall–Kier alpha value is -3.49. The molecular weight excluding hydrogens is 380 g/mol. The van der Waals surface area contributed by atoms with Gasteiger partial charge in [-0.1, -0.05) is 6.07 Å². The zero-order valence-corrected chi connectivity index (χ0v) is 16.7. The van der Waals surface area contributed by atoms with E-state index in [2.05, 4.69) is 10.6 Å². The lowest BCUT2D eigenvalue weighted by molar-refractivity contribution is -0.140. The highest BCUT2D eigenvalue weighted by Crippen LogP contribution is 2.28. The number of carbonyl (C=O) groups excluding carboxylic acids is 3. The van der Waals surface area contributed by atoms with Crippen LogP contribution in [0.4, 0.5) is 4.79 Å². The first-order valence-electron chi connectivity index (χ1n) is 8.94. The number of benzene rings is 1. The summed E-state index contributed by atoms with van der Waals surface area (Å²) in [6.45, 7) is 3.23. The van der Waals surface area contributed by atoms with Crippen LogP contribution in [-0.2, 0) is 19.1 Å². The summed E-state index contributed by atoms with van der Waals surface area (Å²) in [6, 6.07) is 4.11. The lowest BCUT2D eigenvalue weighted by Gasteiger charge is -2.26. The van der Waals surface area contributed by atoms with Crippen molar-refractivity contribution in [2.75, 3.05) is 27.4 Å². The van der Waals surface area contributed by atoms with Crippen molar-refractivity contribution < 1.29 is 33.3 Å². The van der Waals surface area contributed by atoms with E-state index in [0.717, 1.165) is 0 Å². The summed E-state index contributed by atoms with van der Waals surface area (Å²) in [5, 5.41) is 5.06. The van der Waals surface area contributed by atoms with Gasteiger partial charge >= 0.3 is 18.0 Å². The maximum absolute atomic E-state index is 12.1. The van der Waals surface area contributed by atoms with E-state index in [1.807, 2.05) is 0 Å². The maximum atomic E-state index is 12.1. The molecule has 1 aromatic rings. The molecule has 2 N–H and O–H groups in total. The summed E-state index contributed by atoms with van der Waals surface area (Å²) in [5.41, 5.74) is 1.10. The Morgan fingerprint density at radius 1 is 1.14 bits per heavy atom. The molecule has 0 saturated carbocycles. The van der Waals surface area contributed by atoms with E-state index < -0.39 is 24.0 Å². The van der Waals surface area contributed by atoms with Crippen molar-refractivity contribution >= 4 is 24.0 Å². The number of methoxy groups -OCH3 is 2. The topological polar surface area (TPSA) is 112 Å². The third-order valence-electron chi connectivity index (χ3n) is 4.04. The molecule has 1 aromatic carbocycles. The van der Waals surface area contributed by atoms with E-state index in [1.165, 1.54) is 20.3 Å². The molecule has 0 radical (unpaired) electrons. The number of hydrogen-bond donors (Lipinski definition) is 2. The Bertz CT molecular complexity index is 845. The molecule has 0 bridgehead atoms. The van der Waals surface area contributed by atoms with Crippen LogP contribution in [0.5, 0.6) is 11.5 Å². The van der Waals surface area contributed by atoms with Gasteiger partial charge in [0.05, 0.1) is 38.1 Å². The van der Waals surface area contributed by atoms with Crippen LogP contribution in [-0.4, -0.2) is 51.4 Å². The summed E-state index contributed by atoms with van der Waals surface area (Å²) < 4.78 is 20.6. The molecule has 0 aromatic heterocycles. The first kappa shape index (κ1) is 21.8. The highest BCUT2D eigenvalue weighted by atomic mass is 16.5. The fourth-order valence-corrected chi connectivity index (χ4v) is 2.71. The molecule has 9 heteroatoms. The van der Waals surface area contributed by atoms with E-state index in [-0.39, 0.29) is 24.5 Å². The van der Waals surface area contributed by atoms with Crippen molar-refractivity contribution in [2.45, 2.75) is 19.9 Å². The van der Waals surface area contributed by atoms with Crippen LogP contribution in [0.1, 0.15) is 19.4 Å². The van der Waals surface area contributed by atoms with Crippen LogP contribution in [0.3, 0.4) is 0 Å². The van der Waals surface area contributed by atoms with Gasteiger partial charge in [-0.05, 0) is 37.6 Å². The molecule has 29 heavy (non-hydrogen) atoms. The monoisotopic (exact) mass is 404 g/mol. The Morgan fingerprint density at radius 2 is 1.86 bits per heavy atom. The van der Waals surface area contributed by atoms with Gasteiger partial charge in [0.1, 0.15) is 6.61 Å². The molecule has 156 valence electrons. The molecule has 0 fully saturated rings. The minimum absolute atomic E-state index is 0.185. The van der Waals surface area contributed by atoms with Gasteiger partial charge in [0.2, 0.25) is 0 Å². The van der Waals surface area contributed by atoms with Gasteiger partial charge in [-0.3, -0.25) is 0 Å². The molecule has 1 atom stereocenters. The van der Waals surface area contributed by atoms with Crippen LogP contribution in [0.15, 0.2) is 35.5 Å². The second kappa shape index (κ2) is 10.2. The predicted octanol–water partition coefficient (Wildman–Crippen LogP) is 1.78. The third kappa shape index (κ3) is 5.74. The first-order chi connectivity index (χ1) is 13.9. The fourth-order valence-electron chi connectivity index (χ4n) is 2.71. The van der Waals surface area contributed by atoms with Crippen LogP contribution in [0.25, 0.3) is 6.08 Å². The average Bonchev–Trinajstić information content (AvgIpc) is 2.70. The number of rotatable bonds is 8. The lowest BCUT2D eigenvalue weighted by atomic mass is 10.0. The lowest BCUT2D eigenvalue weighted by Crippen LogP contribution is -2.50. The molecule has 0 spiro atoms. The second-order valence-electron chi connectivity index (χ2n) is 5.99. The zero-order chi connectivity index (χ0) is 21.4. The van der Waals surface area contributed by atoms with Crippen LogP contribution in [0, 0.1) is 0 Å². The van der Waals surface area contributed by atoms with Crippen molar-refractivity contribution in [3.8, 4) is 11.5 Å². The van der Waals surface area contributed by atoms with E-state index in [4.69, 9.17) is 18.9 Å². The van der Waals surface area contributed by atoms with Crippen molar-refractivity contribution in [1.82, 2.24) is 10.6 Å². The van der Waals surface area contributed by atoms with Gasteiger partial charge in [-0.25, -0.2) is 14.4 Å². The number of hydrogen-bond acceptors (Lipinski definition) is 7. The minimum Gasteiger partial charge on any atom is -0.493 e. The minimum atomic E-state index is -0.643. The summed E-state index contributed by atoms with van der Waals surface area (Å²) in [4.78, 5) is 35.9. The van der Waals surface area contributed by atoms with E-state index in [0.29, 0.717) is 17.1 Å². The number of amides is 2. The van der Waals surface area contributed by atoms with Crippen LogP contribution >= 0.6 is 0 Å². The number of urea groups is 1. The van der Waals surface area contributed by atoms with Crippen molar-refractivity contribution in [3.63, 3.8) is 0 Å². The smallest absolute Gasteiger partial charge is 0.338 e. The number of carbonyl (C=O) groups is 3. The summed E-state index contributed by atoms with van der Waals surface area (Å²) in [5.74, 6) is -0.129. The Morgan fingerprint density at radius 3 is 2.52 bits per heavy atom. The average molecular weight is 404 g/mol. The van der Waals surface area contributed by atoms with E-state index in [1.54, 1.807) is 38.1 Å². The molecule has 0 saturated heterocycles. The number of esters is 2. The maximum Gasteiger partial charge on any atom is 0.338 e. The largest absolute Gasteiger partial charge is 0.493 e. The molecule has 1 aliphatic rings. The second-order valence-corrected chi connectivity index (χ2v) is 5.99. The Balaban J connectivity index is 2.08. The quantitative estimate of drug-likeness (QED) is 0.502. The fraction of sp³-hybridized carbons (Fsp3) is 0.350. The molecule has 1 aliphatic heterocycles. The molecule has 9 nitrogen and oxygen atoms in total. The standard InChI is InChI=1S/C20H24N2O7/c1-5-28-19(24)18-12(2)21-20(25)22-14(18)11-29-17(23)9-7-13-6-8-15(26-3)16(10-13)27-4/h6-10,12H,5,11H2,1-4H3,(H2,21,22,25)/b9-7+/t12-/m0/s1. The summed E-state index contributed by atoms with van der Waals surface area (Å²) >= 11 is 0. The highest BCUT2D eigenvalue weighted by Gasteiger charge is 2.30. The molecule has 0 unspecified atom stereocenters. The molecule has 1 heterocycles. The highest BCUT2D eigenvalue weighted by molar-refractivity contribution is 5.95. The molecular formula is C20H24N2O7. The van der Waals surface area contributed by atoms with Gasteiger partial charge in [0.25, 0.3) is 0 Å². The molecule has 0 aliphatic carbocycles. The summed E-state index contributed by atoms with van der Waals surface area (Å²) in [6.07, 6.45) is 2.78. The SMILES string of the molecule is CCOC(=O)C1=C(COC(=O)/C=C/c2ccc(OC)c(OC)c2)NC(=O)N[C@H]1C. The number of ether oxygens (including phenoxy) is 4. The molecule has 2 rings (SSSR count). The summed E-state index contributed by atoms with van der Waals surface area (Å²) in [7, 11) is 3.05. The van der Waals surface area contributed by atoms with Crippen molar-refractivity contribution in [1.29, 1.82) is 0 Å². The molecule has 2 amide bonds. The van der Waals surface area contributed by atoms with Crippen molar-refractivity contribution in [2.24, 2.45) is 0 Å². The Labute approximate surface area is 168 Å². The van der Waals surface area contributed by atoms with Gasteiger partial charge in [0, 0.05) is 6.08 Å². The van der Waals surface area contributed by atoms with Crippen molar-refractivity contribution in [3.05, 3.63) is 41.1 Å². The normalized spacial score (nSPS) is 16.1. The van der Waals surface area contributed by atoms with Gasteiger partial charge in [-0.15, -0.1) is 0 Å². The van der Waals surface area contributed by atoms with E-state index >= 15 is 0 Å². The Kier molecular flexibility index (Phi) is 7.64. The van der Waals surface area contributed by atoms with Gasteiger partial charge in [0.15, 0.2) is 11.5 Å². The van der Waals surface area contributed by atoms with Crippen LogP contribution < -0.4 is 20.1 Å². The van der Waals surface area contributed by atoms with E-state index in [9.17, 15) is 14.4 Å². The van der Waals surface area contributed by atoms with Crippen LogP contribution in [0.2, 0.25) is 0 Å². The first-order valence-corrected chi connectivity index (χ1v) is 8.94. The zero-order valence-electron chi connectivity index (χ0n) is 16.7. The van der Waals surface area contributed by atoms with Gasteiger partial charge in [-0.2, -0.15) is 0 Å². The van der Waals surface area contributed by atoms with Gasteiger partial charge < -0.3 is 29.6 Å². The third-order valence-corrected chi connectivity index (χ3v) is 4.04. The number of nitrogens with one attached hydrogen (secondary N) is 2.